The summed E-state index contributed by atoms with van der Waals surface area (Å²) in [6.45, 7) is 5.83. The molecule has 1 aromatic rings. The molecule has 0 aliphatic carbocycles. The predicted octanol–water partition coefficient (Wildman–Crippen LogP) is 3.12. The van der Waals surface area contributed by atoms with Gasteiger partial charge < -0.3 is 9.73 Å². The minimum absolute atomic E-state index is 0.178. The average Bonchev–Trinajstić information content (AvgIpc) is 2.65. The second kappa shape index (κ2) is 5.39. The van der Waals surface area contributed by atoms with E-state index in [9.17, 15) is 4.79 Å². The Morgan fingerprint density at radius 2 is 2.25 bits per heavy atom. The van der Waals surface area contributed by atoms with E-state index >= 15 is 0 Å². The number of hydrogen-bond donors (Lipinski definition) is 1. The number of aryl methyl sites for hydroxylation is 1. The maximum absolute atomic E-state index is 11.9. The molecule has 1 unspecified atom stereocenters. The number of furan rings is 1. The molecule has 4 heteroatoms. The molecule has 0 aromatic carbocycles. The van der Waals surface area contributed by atoms with Gasteiger partial charge in [-0.3, -0.25) is 4.79 Å². The highest BCUT2D eigenvalue weighted by molar-refractivity contribution is 6.17. The Hall–Kier alpha value is -0.960. The maximum atomic E-state index is 11.9. The summed E-state index contributed by atoms with van der Waals surface area (Å²) < 4.78 is 5.27. The van der Waals surface area contributed by atoms with Crippen LogP contribution in [0.2, 0.25) is 0 Å². The molecule has 0 bridgehead atoms. The number of carbonyl (C=O) groups excluding carboxylic acids is 1. The van der Waals surface area contributed by atoms with Gasteiger partial charge in [0.2, 0.25) is 0 Å². The van der Waals surface area contributed by atoms with Gasteiger partial charge in [-0.25, -0.2) is 0 Å². The first-order chi connectivity index (χ1) is 7.50. The smallest absolute Gasteiger partial charge is 0.287 e. The van der Waals surface area contributed by atoms with E-state index in [2.05, 4.69) is 5.32 Å². The van der Waals surface area contributed by atoms with Crippen LogP contribution in [0.25, 0.3) is 0 Å². The highest BCUT2D eigenvalue weighted by atomic mass is 35.5. The molecule has 3 nitrogen and oxygen atoms in total. The quantitative estimate of drug-likeness (QED) is 0.808. The number of hydrogen-bond acceptors (Lipinski definition) is 2. The minimum atomic E-state index is -0.264. The number of carbonyl (C=O) groups is 1. The van der Waals surface area contributed by atoms with E-state index in [-0.39, 0.29) is 11.4 Å². The molecule has 1 N–H and O–H groups in total. The van der Waals surface area contributed by atoms with Crippen LogP contribution in [0, 0.1) is 6.92 Å². The van der Waals surface area contributed by atoms with Crippen LogP contribution in [0.4, 0.5) is 0 Å². The summed E-state index contributed by atoms with van der Waals surface area (Å²) in [6.07, 6.45) is 1.58. The summed E-state index contributed by atoms with van der Waals surface area (Å²) >= 11 is 5.72. The van der Waals surface area contributed by atoms with Gasteiger partial charge in [-0.2, -0.15) is 0 Å². The van der Waals surface area contributed by atoms with Crippen molar-refractivity contribution in [1.82, 2.24) is 5.32 Å². The molecule has 1 aromatic heterocycles. The van der Waals surface area contributed by atoms with Crippen LogP contribution in [-0.2, 0) is 0 Å². The summed E-state index contributed by atoms with van der Waals surface area (Å²) in [5.74, 6) is 1.44. The third kappa shape index (κ3) is 3.27. The van der Waals surface area contributed by atoms with Crippen molar-refractivity contribution >= 4 is 17.5 Å². The molecular formula is C12H18ClNO2. The van der Waals surface area contributed by atoms with E-state index in [1.807, 2.05) is 20.8 Å². The van der Waals surface area contributed by atoms with Crippen LogP contribution >= 0.6 is 11.6 Å². The van der Waals surface area contributed by atoms with Crippen molar-refractivity contribution in [3.05, 3.63) is 23.7 Å². The summed E-state index contributed by atoms with van der Waals surface area (Å²) in [6, 6.07) is 3.46. The van der Waals surface area contributed by atoms with Crippen molar-refractivity contribution in [3.8, 4) is 0 Å². The normalized spacial score (nSPS) is 14.5. The monoisotopic (exact) mass is 243 g/mol. The Labute approximate surface area is 101 Å². The van der Waals surface area contributed by atoms with Crippen molar-refractivity contribution in [2.24, 2.45) is 0 Å². The van der Waals surface area contributed by atoms with Gasteiger partial charge in [-0.1, -0.05) is 6.92 Å². The summed E-state index contributed by atoms with van der Waals surface area (Å²) in [4.78, 5) is 11.9. The molecule has 1 amide bonds. The first kappa shape index (κ1) is 13.1. The first-order valence-corrected chi connectivity index (χ1v) is 5.99. The first-order valence-electron chi connectivity index (χ1n) is 5.45. The topological polar surface area (TPSA) is 42.2 Å². The molecular weight excluding hydrogens is 226 g/mol. The van der Waals surface area contributed by atoms with Gasteiger partial charge in [0.05, 0.1) is 0 Å². The van der Waals surface area contributed by atoms with Gasteiger partial charge >= 0.3 is 0 Å². The van der Waals surface area contributed by atoms with Crippen molar-refractivity contribution < 1.29 is 9.21 Å². The lowest BCUT2D eigenvalue weighted by atomic mass is 9.95. The lowest BCUT2D eigenvalue weighted by molar-refractivity contribution is 0.0871. The molecule has 0 spiro atoms. The molecule has 0 fully saturated rings. The maximum Gasteiger partial charge on any atom is 0.287 e. The summed E-state index contributed by atoms with van der Waals surface area (Å²) in [7, 11) is 0. The van der Waals surface area contributed by atoms with E-state index in [0.717, 1.165) is 18.6 Å². The molecule has 16 heavy (non-hydrogen) atoms. The van der Waals surface area contributed by atoms with Crippen LogP contribution in [-0.4, -0.2) is 17.3 Å². The van der Waals surface area contributed by atoms with Gasteiger partial charge in [-0.05, 0) is 38.8 Å². The van der Waals surface area contributed by atoms with Crippen LogP contribution in [0.1, 0.15) is 43.0 Å². The minimum Gasteiger partial charge on any atom is -0.456 e. The van der Waals surface area contributed by atoms with Crippen molar-refractivity contribution in [3.63, 3.8) is 0 Å². The van der Waals surface area contributed by atoms with Crippen molar-refractivity contribution in [1.29, 1.82) is 0 Å². The number of alkyl halides is 1. The molecule has 0 aliphatic rings. The zero-order valence-corrected chi connectivity index (χ0v) is 10.7. The standard InChI is InChI=1S/C12H18ClNO2/c1-4-12(3,7-8-13)14-11(15)10-6-5-9(2)16-10/h5-6H,4,7-8H2,1-3H3,(H,14,15). The van der Waals surface area contributed by atoms with E-state index in [1.165, 1.54) is 0 Å². The summed E-state index contributed by atoms with van der Waals surface area (Å²) in [5.41, 5.74) is -0.264. The average molecular weight is 244 g/mol. The van der Waals surface area contributed by atoms with E-state index < -0.39 is 0 Å². The molecule has 0 radical (unpaired) electrons. The predicted molar refractivity (Wildman–Crippen MR) is 64.9 cm³/mol. The highest BCUT2D eigenvalue weighted by Gasteiger charge is 2.25. The second-order valence-corrected chi connectivity index (χ2v) is 4.60. The number of halogens is 1. The fraction of sp³-hybridized carbons (Fsp3) is 0.583. The van der Waals surface area contributed by atoms with Crippen LogP contribution < -0.4 is 5.32 Å². The fourth-order valence-electron chi connectivity index (χ4n) is 1.43. The molecule has 1 heterocycles. The fourth-order valence-corrected chi connectivity index (χ4v) is 1.85. The Bertz CT molecular complexity index is 362. The molecule has 0 saturated heterocycles. The summed E-state index contributed by atoms with van der Waals surface area (Å²) in [5, 5.41) is 2.96. The second-order valence-electron chi connectivity index (χ2n) is 4.22. The Morgan fingerprint density at radius 3 is 2.69 bits per heavy atom. The SMILES string of the molecule is CCC(C)(CCCl)NC(=O)c1ccc(C)o1. The number of nitrogens with one attached hydrogen (secondary N) is 1. The van der Waals surface area contributed by atoms with Gasteiger partial charge in [0.15, 0.2) is 5.76 Å². The van der Waals surface area contributed by atoms with Crippen LogP contribution in [0.3, 0.4) is 0 Å². The zero-order chi connectivity index (χ0) is 12.2. The third-order valence-electron chi connectivity index (χ3n) is 2.81. The van der Waals surface area contributed by atoms with Crippen molar-refractivity contribution in [2.75, 3.05) is 5.88 Å². The Kier molecular flexibility index (Phi) is 4.42. The highest BCUT2D eigenvalue weighted by Crippen LogP contribution is 2.17. The van der Waals surface area contributed by atoms with E-state index in [1.54, 1.807) is 12.1 Å². The van der Waals surface area contributed by atoms with Gasteiger partial charge in [0.1, 0.15) is 5.76 Å². The van der Waals surface area contributed by atoms with Gasteiger partial charge in [0, 0.05) is 11.4 Å². The Morgan fingerprint density at radius 1 is 1.56 bits per heavy atom. The number of amides is 1. The van der Waals surface area contributed by atoms with E-state index in [4.69, 9.17) is 16.0 Å². The molecule has 90 valence electrons. The van der Waals surface area contributed by atoms with Crippen molar-refractivity contribution in [2.45, 2.75) is 39.2 Å². The lowest BCUT2D eigenvalue weighted by Crippen LogP contribution is -2.45. The Balaban J connectivity index is 2.69. The van der Waals surface area contributed by atoms with E-state index in [0.29, 0.717) is 11.6 Å². The van der Waals surface area contributed by atoms with Gasteiger partial charge in [-0.15, -0.1) is 11.6 Å². The lowest BCUT2D eigenvalue weighted by Gasteiger charge is -2.28. The molecule has 1 atom stereocenters. The molecule has 0 saturated carbocycles. The number of rotatable bonds is 5. The zero-order valence-electron chi connectivity index (χ0n) is 9.97. The largest absolute Gasteiger partial charge is 0.456 e. The van der Waals surface area contributed by atoms with Crippen LogP contribution in [0.5, 0.6) is 0 Å². The van der Waals surface area contributed by atoms with Gasteiger partial charge in [0.25, 0.3) is 5.91 Å². The third-order valence-corrected chi connectivity index (χ3v) is 3.00. The molecule has 0 aliphatic heterocycles. The van der Waals surface area contributed by atoms with Crippen LogP contribution in [0.15, 0.2) is 16.5 Å². The molecule has 1 rings (SSSR count).